The number of benzene rings is 2. The zero-order chi connectivity index (χ0) is 21.7. The zero-order valence-electron chi connectivity index (χ0n) is 17.1. The van der Waals surface area contributed by atoms with Gasteiger partial charge in [0.1, 0.15) is 0 Å². The van der Waals surface area contributed by atoms with Crippen LogP contribution in [-0.2, 0) is 32.5 Å². The van der Waals surface area contributed by atoms with Gasteiger partial charge in [-0.05, 0) is 49.1 Å². The number of hydrogen-bond donors (Lipinski definition) is 1. The van der Waals surface area contributed by atoms with Crippen molar-refractivity contribution in [3.63, 3.8) is 0 Å². The first kappa shape index (κ1) is 22.0. The maximum atomic E-state index is 13.1. The molecule has 0 saturated heterocycles. The van der Waals surface area contributed by atoms with Crippen LogP contribution in [0.5, 0.6) is 0 Å². The van der Waals surface area contributed by atoms with E-state index in [2.05, 4.69) is 5.32 Å². The number of esters is 1. The molecule has 1 heterocycles. The summed E-state index contributed by atoms with van der Waals surface area (Å²) in [5.41, 5.74) is 2.22. The van der Waals surface area contributed by atoms with E-state index in [-0.39, 0.29) is 16.5 Å². The Morgan fingerprint density at radius 3 is 2.60 bits per heavy atom. The summed E-state index contributed by atoms with van der Waals surface area (Å²) in [6.45, 7) is 4.05. The van der Waals surface area contributed by atoms with Gasteiger partial charge in [0.05, 0.1) is 10.5 Å². The number of nitrogens with zero attached hydrogens (tertiary/aromatic N) is 1. The molecule has 1 atom stereocenters. The van der Waals surface area contributed by atoms with Gasteiger partial charge in [0.2, 0.25) is 10.0 Å². The molecule has 2 aromatic carbocycles. The van der Waals surface area contributed by atoms with Crippen LogP contribution in [0.4, 0.5) is 0 Å². The molecule has 0 bridgehead atoms. The molecule has 1 N–H and O–H groups in total. The fourth-order valence-corrected chi connectivity index (χ4v) is 4.71. The van der Waals surface area contributed by atoms with Crippen LogP contribution in [-0.4, -0.2) is 43.8 Å². The number of sulfonamides is 1. The molecule has 1 aliphatic heterocycles. The highest BCUT2D eigenvalue weighted by molar-refractivity contribution is 7.89. The molecule has 1 aliphatic rings. The third kappa shape index (κ3) is 5.06. The summed E-state index contributed by atoms with van der Waals surface area (Å²) >= 11 is 0. The highest BCUT2D eigenvalue weighted by Crippen LogP contribution is 2.25. The van der Waals surface area contributed by atoms with E-state index in [0.717, 1.165) is 17.5 Å². The molecule has 7 nitrogen and oxygen atoms in total. The minimum atomic E-state index is -3.77. The van der Waals surface area contributed by atoms with Crippen LogP contribution in [0.15, 0.2) is 53.4 Å². The standard InChI is InChI=1S/C22H26N2O5S/c1-3-16(2)23-21(25)15-29-22(26)18-9-6-10-20(13-18)30(27,28)24-12-11-17-7-4-5-8-19(17)14-24/h4-10,13,16H,3,11-12,14-15H2,1-2H3,(H,23,25)/t16-/m0/s1. The lowest BCUT2D eigenvalue weighted by Gasteiger charge is -2.28. The van der Waals surface area contributed by atoms with E-state index in [0.29, 0.717) is 19.5 Å². The average molecular weight is 431 g/mol. The SMILES string of the molecule is CC[C@H](C)NC(=O)COC(=O)c1cccc(S(=O)(=O)N2CCc3ccccc3C2)c1. The minimum Gasteiger partial charge on any atom is -0.452 e. The van der Waals surface area contributed by atoms with Crippen molar-refractivity contribution in [2.45, 2.75) is 44.2 Å². The summed E-state index contributed by atoms with van der Waals surface area (Å²) < 4.78 is 32.7. The fourth-order valence-electron chi connectivity index (χ4n) is 3.24. The summed E-state index contributed by atoms with van der Waals surface area (Å²) in [4.78, 5) is 24.1. The Balaban J connectivity index is 1.70. The molecular formula is C22H26N2O5S. The molecule has 0 radical (unpaired) electrons. The molecule has 0 aromatic heterocycles. The number of ether oxygens (including phenoxy) is 1. The average Bonchev–Trinajstić information content (AvgIpc) is 2.77. The van der Waals surface area contributed by atoms with Crippen molar-refractivity contribution in [3.05, 3.63) is 65.2 Å². The van der Waals surface area contributed by atoms with Gasteiger partial charge in [-0.25, -0.2) is 13.2 Å². The minimum absolute atomic E-state index is 0.0145. The van der Waals surface area contributed by atoms with Crippen molar-refractivity contribution < 1.29 is 22.7 Å². The van der Waals surface area contributed by atoms with Crippen LogP contribution < -0.4 is 5.32 Å². The summed E-state index contributed by atoms with van der Waals surface area (Å²) in [5.74, 6) is -1.14. The first-order chi connectivity index (χ1) is 14.3. The molecule has 3 rings (SSSR count). The normalized spacial score (nSPS) is 15.1. The monoisotopic (exact) mass is 430 g/mol. The van der Waals surface area contributed by atoms with Gasteiger partial charge in [0, 0.05) is 19.1 Å². The lowest BCUT2D eigenvalue weighted by molar-refractivity contribution is -0.124. The van der Waals surface area contributed by atoms with Gasteiger partial charge in [-0.15, -0.1) is 0 Å². The Labute approximate surface area is 177 Å². The third-order valence-electron chi connectivity index (χ3n) is 5.16. The zero-order valence-corrected chi connectivity index (χ0v) is 17.9. The van der Waals surface area contributed by atoms with Crippen molar-refractivity contribution in [2.24, 2.45) is 0 Å². The third-order valence-corrected chi connectivity index (χ3v) is 7.00. The van der Waals surface area contributed by atoms with E-state index < -0.39 is 28.5 Å². The molecule has 8 heteroatoms. The van der Waals surface area contributed by atoms with Crippen molar-refractivity contribution in [2.75, 3.05) is 13.2 Å². The first-order valence-electron chi connectivity index (χ1n) is 9.94. The van der Waals surface area contributed by atoms with Gasteiger partial charge in [-0.3, -0.25) is 4.79 Å². The topological polar surface area (TPSA) is 92.8 Å². The summed E-state index contributed by atoms with van der Waals surface area (Å²) in [5, 5.41) is 2.70. The molecular weight excluding hydrogens is 404 g/mol. The molecule has 0 spiro atoms. The molecule has 0 aliphatic carbocycles. The predicted molar refractivity (Wildman–Crippen MR) is 112 cm³/mol. The second-order valence-electron chi connectivity index (χ2n) is 7.34. The maximum Gasteiger partial charge on any atom is 0.338 e. The van der Waals surface area contributed by atoms with Gasteiger partial charge in [-0.2, -0.15) is 4.31 Å². The second kappa shape index (κ2) is 9.40. The van der Waals surface area contributed by atoms with Crippen LogP contribution in [0.25, 0.3) is 0 Å². The highest BCUT2D eigenvalue weighted by atomic mass is 32.2. The van der Waals surface area contributed by atoms with Crippen LogP contribution in [0, 0.1) is 0 Å². The van der Waals surface area contributed by atoms with Gasteiger partial charge < -0.3 is 10.1 Å². The number of carbonyl (C=O) groups excluding carboxylic acids is 2. The van der Waals surface area contributed by atoms with Crippen molar-refractivity contribution >= 4 is 21.9 Å². The molecule has 0 fully saturated rings. The molecule has 0 saturated carbocycles. The molecule has 0 unspecified atom stereocenters. The van der Waals surface area contributed by atoms with E-state index in [1.54, 1.807) is 0 Å². The Hall–Kier alpha value is -2.71. The Morgan fingerprint density at radius 1 is 1.13 bits per heavy atom. The van der Waals surface area contributed by atoms with Gasteiger partial charge in [0.15, 0.2) is 6.61 Å². The Bertz CT molecular complexity index is 1040. The molecule has 160 valence electrons. The summed E-state index contributed by atoms with van der Waals surface area (Å²) in [6.07, 6.45) is 1.41. The summed E-state index contributed by atoms with van der Waals surface area (Å²) in [7, 11) is -3.77. The lowest BCUT2D eigenvalue weighted by Crippen LogP contribution is -2.36. The van der Waals surface area contributed by atoms with E-state index in [4.69, 9.17) is 4.74 Å². The Morgan fingerprint density at radius 2 is 1.87 bits per heavy atom. The van der Waals surface area contributed by atoms with Crippen molar-refractivity contribution in [1.82, 2.24) is 9.62 Å². The van der Waals surface area contributed by atoms with E-state index in [9.17, 15) is 18.0 Å². The number of amides is 1. The largest absolute Gasteiger partial charge is 0.452 e. The van der Waals surface area contributed by atoms with Crippen molar-refractivity contribution in [1.29, 1.82) is 0 Å². The van der Waals surface area contributed by atoms with Gasteiger partial charge >= 0.3 is 5.97 Å². The molecule has 2 aromatic rings. The summed E-state index contributed by atoms with van der Waals surface area (Å²) in [6, 6.07) is 13.5. The van der Waals surface area contributed by atoms with Crippen molar-refractivity contribution in [3.8, 4) is 0 Å². The number of carbonyl (C=O) groups is 2. The van der Waals surface area contributed by atoms with E-state index in [1.807, 2.05) is 38.1 Å². The molecule has 1 amide bonds. The van der Waals surface area contributed by atoms with Gasteiger partial charge in [-0.1, -0.05) is 37.3 Å². The number of rotatable bonds is 7. The predicted octanol–water partition coefficient (Wildman–Crippen LogP) is 2.51. The number of nitrogens with one attached hydrogen (secondary N) is 1. The van der Waals surface area contributed by atoms with E-state index in [1.165, 1.54) is 28.6 Å². The van der Waals surface area contributed by atoms with Crippen LogP contribution in [0.2, 0.25) is 0 Å². The van der Waals surface area contributed by atoms with Crippen LogP contribution in [0.1, 0.15) is 41.8 Å². The maximum absolute atomic E-state index is 13.1. The van der Waals surface area contributed by atoms with E-state index >= 15 is 0 Å². The number of fused-ring (bicyclic) bond motifs is 1. The fraction of sp³-hybridized carbons (Fsp3) is 0.364. The number of hydrogen-bond acceptors (Lipinski definition) is 5. The second-order valence-corrected chi connectivity index (χ2v) is 9.28. The first-order valence-corrected chi connectivity index (χ1v) is 11.4. The quantitative estimate of drug-likeness (QED) is 0.682. The smallest absolute Gasteiger partial charge is 0.338 e. The van der Waals surface area contributed by atoms with Gasteiger partial charge in [0.25, 0.3) is 5.91 Å². The highest BCUT2D eigenvalue weighted by Gasteiger charge is 2.28. The van der Waals surface area contributed by atoms with Crippen LogP contribution in [0.3, 0.4) is 0 Å². The lowest BCUT2D eigenvalue weighted by atomic mass is 10.0. The molecule has 30 heavy (non-hydrogen) atoms. The van der Waals surface area contributed by atoms with Crippen LogP contribution >= 0.6 is 0 Å². The Kier molecular flexibility index (Phi) is 6.89.